The quantitative estimate of drug-likeness (QED) is 0.283. The van der Waals surface area contributed by atoms with Crippen molar-refractivity contribution in [2.75, 3.05) is 13.6 Å². The van der Waals surface area contributed by atoms with E-state index in [0.29, 0.717) is 5.96 Å². The Morgan fingerprint density at radius 3 is 2.61 bits per heavy atom. The van der Waals surface area contributed by atoms with E-state index >= 15 is 0 Å². The van der Waals surface area contributed by atoms with Gasteiger partial charge in [-0.1, -0.05) is 37.1 Å². The largest absolute Gasteiger partial charge is 0.341 e. The van der Waals surface area contributed by atoms with Gasteiger partial charge in [-0.2, -0.15) is 0 Å². The van der Waals surface area contributed by atoms with Crippen LogP contribution in [0.4, 0.5) is 0 Å². The van der Waals surface area contributed by atoms with Gasteiger partial charge in [0.1, 0.15) is 0 Å². The first-order chi connectivity index (χ1) is 8.67. The molecular weight excluding hydrogens is 248 g/mol. The van der Waals surface area contributed by atoms with Gasteiger partial charge in [0, 0.05) is 25.2 Å². The molecule has 0 bridgehead atoms. The van der Waals surface area contributed by atoms with Gasteiger partial charge in [-0.15, -0.1) is 0 Å². The van der Waals surface area contributed by atoms with E-state index in [9.17, 15) is 0 Å². The third kappa shape index (κ3) is 4.94. The number of benzene rings is 1. The Kier molecular flexibility index (Phi) is 6.54. The summed E-state index contributed by atoms with van der Waals surface area (Å²) in [6.07, 6.45) is 2.20. The molecule has 0 aliphatic heterocycles. The maximum absolute atomic E-state index is 5.85. The normalized spacial score (nSPS) is 11.4. The molecule has 0 saturated heterocycles. The van der Waals surface area contributed by atoms with E-state index in [1.807, 2.05) is 36.2 Å². The number of unbranched alkanes of at least 4 members (excludes halogenated alkanes) is 1. The van der Waals surface area contributed by atoms with Crippen LogP contribution in [0.2, 0.25) is 5.02 Å². The molecule has 0 amide bonds. The number of nitrogens with zero attached hydrogens (tertiary/aromatic N) is 2. The van der Waals surface area contributed by atoms with Crippen LogP contribution in [0.5, 0.6) is 0 Å². The minimum atomic E-state index is 0.707. The van der Waals surface area contributed by atoms with E-state index in [0.717, 1.165) is 31.0 Å². The van der Waals surface area contributed by atoms with Crippen molar-refractivity contribution < 1.29 is 0 Å². The molecule has 5 heteroatoms. The van der Waals surface area contributed by atoms with E-state index in [2.05, 4.69) is 17.3 Å². The van der Waals surface area contributed by atoms with Crippen molar-refractivity contribution in [2.45, 2.75) is 26.3 Å². The predicted octanol–water partition coefficient (Wildman–Crippen LogP) is 2.39. The summed E-state index contributed by atoms with van der Waals surface area (Å²) in [5, 5.41) is 0.746. The van der Waals surface area contributed by atoms with Crippen LogP contribution in [0.1, 0.15) is 25.3 Å². The molecule has 0 aliphatic carbocycles. The predicted molar refractivity (Wildman–Crippen MR) is 77.5 cm³/mol. The number of hydrogen-bond acceptors (Lipinski definition) is 2. The average molecular weight is 269 g/mol. The standard InChI is InChI=1S/C13H21ClN4/c1-3-4-9-16-13(17-15)18(2)10-11-5-7-12(14)8-6-11/h5-8H,3-4,9-10,15H2,1-2H3,(H,16,17). The summed E-state index contributed by atoms with van der Waals surface area (Å²) >= 11 is 5.85. The van der Waals surface area contributed by atoms with Gasteiger partial charge in [-0.25, -0.2) is 5.84 Å². The number of hydrazine groups is 1. The molecule has 0 atom stereocenters. The zero-order chi connectivity index (χ0) is 13.4. The fraction of sp³-hybridized carbons (Fsp3) is 0.462. The monoisotopic (exact) mass is 268 g/mol. The van der Waals surface area contributed by atoms with Gasteiger partial charge in [0.2, 0.25) is 5.96 Å². The molecule has 0 radical (unpaired) electrons. The van der Waals surface area contributed by atoms with Crippen LogP contribution >= 0.6 is 11.6 Å². The molecule has 1 rings (SSSR count). The molecule has 100 valence electrons. The Labute approximate surface area is 114 Å². The highest BCUT2D eigenvalue weighted by Crippen LogP contribution is 2.10. The third-order valence-electron chi connectivity index (χ3n) is 2.60. The smallest absolute Gasteiger partial charge is 0.208 e. The van der Waals surface area contributed by atoms with Crippen LogP contribution in [0, 0.1) is 0 Å². The summed E-state index contributed by atoms with van der Waals surface area (Å²) in [4.78, 5) is 6.41. The topological polar surface area (TPSA) is 53.6 Å². The summed E-state index contributed by atoms with van der Waals surface area (Å²) in [6, 6.07) is 7.76. The van der Waals surface area contributed by atoms with Crippen molar-refractivity contribution in [3.05, 3.63) is 34.9 Å². The van der Waals surface area contributed by atoms with Gasteiger partial charge >= 0.3 is 0 Å². The van der Waals surface area contributed by atoms with E-state index in [1.54, 1.807) is 0 Å². The van der Waals surface area contributed by atoms with Crippen molar-refractivity contribution in [1.29, 1.82) is 0 Å². The molecule has 0 unspecified atom stereocenters. The third-order valence-corrected chi connectivity index (χ3v) is 2.85. The Morgan fingerprint density at radius 1 is 1.39 bits per heavy atom. The van der Waals surface area contributed by atoms with Crippen molar-refractivity contribution >= 4 is 17.6 Å². The van der Waals surface area contributed by atoms with Gasteiger partial charge in [0.15, 0.2) is 0 Å². The van der Waals surface area contributed by atoms with Crippen LogP contribution < -0.4 is 11.3 Å². The molecule has 3 N–H and O–H groups in total. The summed E-state index contributed by atoms with van der Waals surface area (Å²) in [5.41, 5.74) is 3.81. The Hall–Kier alpha value is -1.26. The number of nitrogens with two attached hydrogens (primary N) is 1. The zero-order valence-corrected chi connectivity index (χ0v) is 11.7. The SMILES string of the molecule is CCCCN=C(NN)N(C)Cc1ccc(Cl)cc1. The summed E-state index contributed by atoms with van der Waals surface area (Å²) in [7, 11) is 1.96. The maximum Gasteiger partial charge on any atom is 0.208 e. The van der Waals surface area contributed by atoms with E-state index < -0.39 is 0 Å². The van der Waals surface area contributed by atoms with E-state index in [4.69, 9.17) is 17.4 Å². The Morgan fingerprint density at radius 2 is 2.06 bits per heavy atom. The fourth-order valence-corrected chi connectivity index (χ4v) is 1.68. The van der Waals surface area contributed by atoms with E-state index in [1.165, 1.54) is 5.56 Å². The number of guanidine groups is 1. The second kappa shape index (κ2) is 7.95. The number of hydrogen-bond donors (Lipinski definition) is 2. The highest BCUT2D eigenvalue weighted by Gasteiger charge is 2.05. The molecule has 0 aromatic heterocycles. The number of nitrogens with one attached hydrogen (secondary N) is 1. The molecule has 0 saturated carbocycles. The summed E-state index contributed by atoms with van der Waals surface area (Å²) < 4.78 is 0. The van der Waals surface area contributed by atoms with Gasteiger partial charge in [-0.3, -0.25) is 10.4 Å². The van der Waals surface area contributed by atoms with Crippen molar-refractivity contribution in [1.82, 2.24) is 10.3 Å². The molecule has 4 nitrogen and oxygen atoms in total. The lowest BCUT2D eigenvalue weighted by atomic mass is 10.2. The first-order valence-corrected chi connectivity index (χ1v) is 6.51. The van der Waals surface area contributed by atoms with Crippen LogP contribution in [-0.2, 0) is 6.54 Å². The van der Waals surface area contributed by atoms with Gasteiger partial charge in [0.05, 0.1) is 0 Å². The lowest BCUT2D eigenvalue weighted by Gasteiger charge is -2.20. The Balaban J connectivity index is 2.58. The van der Waals surface area contributed by atoms with Crippen molar-refractivity contribution in [3.8, 4) is 0 Å². The lowest BCUT2D eigenvalue weighted by Crippen LogP contribution is -2.42. The average Bonchev–Trinajstić information content (AvgIpc) is 2.37. The molecule has 0 aliphatic rings. The minimum absolute atomic E-state index is 0.707. The zero-order valence-electron chi connectivity index (χ0n) is 11.0. The van der Waals surface area contributed by atoms with Crippen molar-refractivity contribution in [2.24, 2.45) is 10.8 Å². The highest BCUT2D eigenvalue weighted by molar-refractivity contribution is 6.30. The van der Waals surface area contributed by atoms with Crippen molar-refractivity contribution in [3.63, 3.8) is 0 Å². The van der Waals surface area contributed by atoms with Crippen LogP contribution in [0.3, 0.4) is 0 Å². The van der Waals surface area contributed by atoms with Crippen LogP contribution in [0.15, 0.2) is 29.3 Å². The van der Waals surface area contributed by atoms with Crippen LogP contribution in [-0.4, -0.2) is 24.5 Å². The van der Waals surface area contributed by atoms with Gasteiger partial charge < -0.3 is 4.90 Å². The first kappa shape index (κ1) is 14.8. The van der Waals surface area contributed by atoms with Gasteiger partial charge in [0.25, 0.3) is 0 Å². The van der Waals surface area contributed by atoms with E-state index in [-0.39, 0.29) is 0 Å². The minimum Gasteiger partial charge on any atom is -0.341 e. The number of halogens is 1. The second-order valence-electron chi connectivity index (χ2n) is 4.19. The molecule has 1 aromatic carbocycles. The van der Waals surface area contributed by atoms with Crippen LogP contribution in [0.25, 0.3) is 0 Å². The van der Waals surface area contributed by atoms with Gasteiger partial charge in [-0.05, 0) is 24.1 Å². The maximum atomic E-state index is 5.85. The molecule has 18 heavy (non-hydrogen) atoms. The number of aliphatic imine (C=N–C) groups is 1. The molecule has 1 aromatic rings. The second-order valence-corrected chi connectivity index (χ2v) is 4.62. The first-order valence-electron chi connectivity index (χ1n) is 6.14. The molecule has 0 heterocycles. The lowest BCUT2D eigenvalue weighted by molar-refractivity contribution is 0.476. The summed E-state index contributed by atoms with van der Waals surface area (Å²) in [5.74, 6) is 6.20. The number of rotatable bonds is 5. The summed E-state index contributed by atoms with van der Waals surface area (Å²) in [6.45, 7) is 3.68. The Bertz CT molecular complexity index is 375. The fourth-order valence-electron chi connectivity index (χ4n) is 1.56. The molecular formula is C13H21ClN4. The highest BCUT2D eigenvalue weighted by atomic mass is 35.5. The molecule has 0 spiro atoms. The molecule has 0 fully saturated rings.